The van der Waals surface area contributed by atoms with Crippen molar-refractivity contribution < 1.29 is 44.6 Å². The summed E-state index contributed by atoms with van der Waals surface area (Å²) >= 11 is 0. The summed E-state index contributed by atoms with van der Waals surface area (Å²) in [5.41, 5.74) is 0. The molecule has 1 rings (SSSR count). The Hall–Kier alpha value is 0.390. The van der Waals surface area contributed by atoms with Crippen LogP contribution < -0.4 is 40.0 Å². The standard InChI is InChI=1S/C11H21NO3.Na/c13-8-10(11(14)15)12-9-6-4-2-1-3-5-7-9;/h9-10,12-13H,1-8H2,(H,14,15);/q;+1/p-1. The Labute approximate surface area is 119 Å². The van der Waals surface area contributed by atoms with Crippen molar-refractivity contribution in [3.05, 3.63) is 0 Å². The van der Waals surface area contributed by atoms with Gasteiger partial charge in [0, 0.05) is 6.04 Å². The molecule has 1 aliphatic carbocycles. The minimum Gasteiger partial charge on any atom is -0.548 e. The summed E-state index contributed by atoms with van der Waals surface area (Å²) in [7, 11) is 0. The van der Waals surface area contributed by atoms with Crippen LogP contribution in [0.5, 0.6) is 0 Å². The fourth-order valence-corrected chi connectivity index (χ4v) is 2.10. The van der Waals surface area contributed by atoms with Crippen LogP contribution in [0, 0.1) is 0 Å². The van der Waals surface area contributed by atoms with Gasteiger partial charge >= 0.3 is 29.6 Å². The molecule has 0 amide bonds. The van der Waals surface area contributed by atoms with E-state index in [0.29, 0.717) is 0 Å². The van der Waals surface area contributed by atoms with Crippen molar-refractivity contribution in [3.8, 4) is 0 Å². The van der Waals surface area contributed by atoms with E-state index in [4.69, 9.17) is 5.11 Å². The Kier molecular flexibility index (Phi) is 9.65. The average molecular weight is 237 g/mol. The van der Waals surface area contributed by atoms with Gasteiger partial charge in [-0.25, -0.2) is 0 Å². The zero-order chi connectivity index (χ0) is 11.1. The number of aliphatic hydroxyl groups excluding tert-OH is 1. The van der Waals surface area contributed by atoms with Gasteiger partial charge in [-0.1, -0.05) is 32.1 Å². The van der Waals surface area contributed by atoms with Gasteiger partial charge in [0.2, 0.25) is 0 Å². The van der Waals surface area contributed by atoms with Gasteiger partial charge in [0.05, 0.1) is 18.6 Å². The minimum atomic E-state index is -1.21. The van der Waals surface area contributed by atoms with E-state index in [1.165, 1.54) is 19.3 Å². The van der Waals surface area contributed by atoms with E-state index in [1.54, 1.807) is 0 Å². The van der Waals surface area contributed by atoms with Crippen molar-refractivity contribution in [2.24, 2.45) is 0 Å². The largest absolute Gasteiger partial charge is 1.00 e. The molecule has 0 aliphatic heterocycles. The second kappa shape index (κ2) is 9.42. The number of nitrogens with one attached hydrogen (secondary N) is 1. The summed E-state index contributed by atoms with van der Waals surface area (Å²) in [6.07, 6.45) is 8.04. The van der Waals surface area contributed by atoms with Crippen LogP contribution in [-0.4, -0.2) is 29.8 Å². The molecule has 0 aromatic rings. The summed E-state index contributed by atoms with van der Waals surface area (Å²) < 4.78 is 0. The maximum absolute atomic E-state index is 10.6. The van der Waals surface area contributed by atoms with E-state index in [1.807, 2.05) is 0 Å². The van der Waals surface area contributed by atoms with Crippen molar-refractivity contribution in [2.75, 3.05) is 6.61 Å². The molecule has 1 unspecified atom stereocenters. The molecule has 1 aliphatic rings. The van der Waals surface area contributed by atoms with Crippen LogP contribution in [0.1, 0.15) is 44.9 Å². The molecular weight excluding hydrogens is 217 g/mol. The third kappa shape index (κ3) is 6.21. The zero-order valence-electron chi connectivity index (χ0n) is 10.1. The molecule has 2 N–H and O–H groups in total. The van der Waals surface area contributed by atoms with E-state index >= 15 is 0 Å². The Bertz CT molecular complexity index is 194. The first-order valence-electron chi connectivity index (χ1n) is 5.82. The SMILES string of the molecule is O=C([O-])C(CO)NC1CCCCCCC1.[Na+]. The second-order valence-corrected chi connectivity index (χ2v) is 4.26. The number of carbonyl (C=O) groups excluding carboxylic acids is 1. The van der Waals surface area contributed by atoms with Gasteiger partial charge in [0.15, 0.2) is 0 Å². The molecule has 5 heteroatoms. The van der Waals surface area contributed by atoms with Gasteiger partial charge in [-0.3, -0.25) is 0 Å². The summed E-state index contributed by atoms with van der Waals surface area (Å²) in [6, 6.07) is -0.685. The normalized spacial score (nSPS) is 20.3. The Balaban J connectivity index is 0.00000225. The van der Waals surface area contributed by atoms with Crippen molar-refractivity contribution in [2.45, 2.75) is 57.0 Å². The van der Waals surface area contributed by atoms with Crippen LogP contribution in [0.3, 0.4) is 0 Å². The number of carboxylic acid groups (broad SMARTS) is 1. The Morgan fingerprint density at radius 1 is 1.25 bits per heavy atom. The molecule has 0 heterocycles. The van der Waals surface area contributed by atoms with E-state index in [-0.39, 0.29) is 35.6 Å². The van der Waals surface area contributed by atoms with Crippen LogP contribution in [0.2, 0.25) is 0 Å². The van der Waals surface area contributed by atoms with E-state index in [2.05, 4.69) is 5.32 Å². The molecule has 4 nitrogen and oxygen atoms in total. The Morgan fingerprint density at radius 2 is 1.75 bits per heavy atom. The molecule has 0 aromatic carbocycles. The number of aliphatic hydroxyl groups is 1. The number of carboxylic acids is 1. The summed E-state index contributed by atoms with van der Waals surface area (Å²) in [5, 5.41) is 22.5. The molecule has 1 saturated carbocycles. The first kappa shape index (κ1) is 16.4. The molecule has 0 spiro atoms. The van der Waals surface area contributed by atoms with Gasteiger partial charge in [-0.15, -0.1) is 0 Å². The van der Waals surface area contributed by atoms with Crippen molar-refractivity contribution in [1.82, 2.24) is 5.32 Å². The van der Waals surface area contributed by atoms with Crippen LogP contribution in [0.15, 0.2) is 0 Å². The topological polar surface area (TPSA) is 72.4 Å². The summed E-state index contributed by atoms with van der Waals surface area (Å²) in [6.45, 7) is -0.390. The minimum absolute atomic E-state index is 0. The van der Waals surface area contributed by atoms with Crippen LogP contribution in [0.25, 0.3) is 0 Å². The van der Waals surface area contributed by atoms with Gasteiger partial charge in [-0.2, -0.15) is 0 Å². The monoisotopic (exact) mass is 237 g/mol. The Morgan fingerprint density at radius 3 is 2.19 bits per heavy atom. The molecule has 1 fully saturated rings. The number of hydrogen-bond donors (Lipinski definition) is 2. The van der Waals surface area contributed by atoms with Gasteiger partial charge < -0.3 is 20.3 Å². The third-order valence-electron chi connectivity index (χ3n) is 3.01. The first-order chi connectivity index (χ1) is 7.24. The third-order valence-corrected chi connectivity index (χ3v) is 3.01. The maximum atomic E-state index is 10.6. The molecule has 16 heavy (non-hydrogen) atoms. The van der Waals surface area contributed by atoms with E-state index < -0.39 is 18.6 Å². The smallest absolute Gasteiger partial charge is 0.548 e. The molecule has 0 saturated heterocycles. The quantitative estimate of drug-likeness (QED) is 0.505. The second-order valence-electron chi connectivity index (χ2n) is 4.26. The predicted octanol–water partition coefficient (Wildman–Crippen LogP) is -3.20. The molecule has 0 aromatic heterocycles. The molecular formula is C11H20NNaO3. The number of hydrogen-bond acceptors (Lipinski definition) is 4. The van der Waals surface area contributed by atoms with Crippen LogP contribution >= 0.6 is 0 Å². The average Bonchev–Trinajstić information content (AvgIpc) is 2.15. The molecule has 1 atom stereocenters. The van der Waals surface area contributed by atoms with E-state index in [0.717, 1.165) is 25.7 Å². The van der Waals surface area contributed by atoms with Crippen LogP contribution in [-0.2, 0) is 4.79 Å². The number of rotatable bonds is 4. The molecule has 0 radical (unpaired) electrons. The fraction of sp³-hybridized carbons (Fsp3) is 0.909. The maximum Gasteiger partial charge on any atom is 1.00 e. The van der Waals surface area contributed by atoms with Crippen molar-refractivity contribution in [1.29, 1.82) is 0 Å². The van der Waals surface area contributed by atoms with E-state index in [9.17, 15) is 9.90 Å². The van der Waals surface area contributed by atoms with Crippen molar-refractivity contribution in [3.63, 3.8) is 0 Å². The zero-order valence-corrected chi connectivity index (χ0v) is 12.1. The summed E-state index contributed by atoms with van der Waals surface area (Å²) in [5.74, 6) is -1.21. The molecule has 88 valence electrons. The first-order valence-corrected chi connectivity index (χ1v) is 5.82. The van der Waals surface area contributed by atoms with Gasteiger partial charge in [0.25, 0.3) is 0 Å². The van der Waals surface area contributed by atoms with Gasteiger partial charge in [0.1, 0.15) is 0 Å². The number of carbonyl (C=O) groups is 1. The number of aliphatic carboxylic acids is 1. The summed E-state index contributed by atoms with van der Waals surface area (Å²) in [4.78, 5) is 10.6. The van der Waals surface area contributed by atoms with Crippen molar-refractivity contribution >= 4 is 5.97 Å². The van der Waals surface area contributed by atoms with Crippen LogP contribution in [0.4, 0.5) is 0 Å². The predicted molar refractivity (Wildman–Crippen MR) is 55.1 cm³/mol. The molecule has 0 bridgehead atoms. The fourth-order valence-electron chi connectivity index (χ4n) is 2.10. The van der Waals surface area contributed by atoms with Gasteiger partial charge in [-0.05, 0) is 12.8 Å².